The van der Waals surface area contributed by atoms with Crippen LogP contribution in [0.5, 0.6) is 11.5 Å². The first-order chi connectivity index (χ1) is 15.7. The summed E-state index contributed by atoms with van der Waals surface area (Å²) in [6, 6.07) is 6.30. The third-order valence-corrected chi connectivity index (χ3v) is 6.76. The van der Waals surface area contributed by atoms with Crippen molar-refractivity contribution in [2.45, 2.75) is 50.5 Å². The van der Waals surface area contributed by atoms with Gasteiger partial charge in [-0.05, 0) is 43.9 Å². The van der Waals surface area contributed by atoms with E-state index < -0.39 is 17.5 Å². The highest BCUT2D eigenvalue weighted by atomic mass is 35.5. The van der Waals surface area contributed by atoms with Gasteiger partial charge in [0.25, 0.3) is 5.79 Å². The van der Waals surface area contributed by atoms with Gasteiger partial charge in [0.15, 0.2) is 11.5 Å². The number of nitrogens with one attached hydrogen (secondary N) is 1. The van der Waals surface area contributed by atoms with Crippen LogP contribution in [0.1, 0.15) is 44.1 Å². The lowest BCUT2D eigenvalue weighted by Gasteiger charge is -2.32. The Balaban J connectivity index is 1.18. The molecule has 0 bridgehead atoms. The summed E-state index contributed by atoms with van der Waals surface area (Å²) in [5.74, 6) is 0.777. The molecule has 1 N–H and O–H groups in total. The lowest BCUT2D eigenvalue weighted by atomic mass is 9.95. The first-order valence-electron chi connectivity index (χ1n) is 11.0. The minimum atomic E-state index is -4.49. The summed E-state index contributed by atoms with van der Waals surface area (Å²) >= 11 is 6.06. The Morgan fingerprint density at radius 2 is 1.82 bits per heavy atom. The monoisotopic (exact) mass is 481 g/mol. The summed E-state index contributed by atoms with van der Waals surface area (Å²) in [7, 11) is 0. The molecule has 2 fully saturated rings. The standard InChI is InChI=1S/C23H23ClF3N3O3/c24-17-11-15(23(25,26)27)13-28-20(17)30-9-5-14(6-10-30)21(31)29-16-3-4-18-19(12-16)33-22(32-18)7-1-2-8-22/h3-4,11-14H,1-2,5-10H2,(H,29,31). The van der Waals surface area contributed by atoms with E-state index in [4.69, 9.17) is 21.1 Å². The van der Waals surface area contributed by atoms with Crippen molar-refractivity contribution >= 4 is 29.0 Å². The molecular formula is C23H23ClF3N3O3. The van der Waals surface area contributed by atoms with E-state index in [1.807, 2.05) is 11.0 Å². The van der Waals surface area contributed by atoms with Gasteiger partial charge in [0.2, 0.25) is 5.91 Å². The number of aromatic nitrogens is 1. The normalized spacial score (nSPS) is 19.8. The number of carbonyl (C=O) groups is 1. The highest BCUT2D eigenvalue weighted by Gasteiger charge is 2.44. The number of alkyl halides is 3. The second-order valence-corrected chi connectivity index (χ2v) is 9.17. The smallest absolute Gasteiger partial charge is 0.417 e. The Morgan fingerprint density at radius 3 is 2.48 bits per heavy atom. The summed E-state index contributed by atoms with van der Waals surface area (Å²) in [6.45, 7) is 0.944. The van der Waals surface area contributed by atoms with E-state index in [0.29, 0.717) is 48.9 Å². The first-order valence-corrected chi connectivity index (χ1v) is 11.4. The van der Waals surface area contributed by atoms with E-state index in [9.17, 15) is 18.0 Å². The van der Waals surface area contributed by atoms with Crippen molar-refractivity contribution in [3.63, 3.8) is 0 Å². The molecule has 0 atom stereocenters. The molecule has 10 heteroatoms. The number of pyridine rings is 1. The molecular weight excluding hydrogens is 459 g/mol. The third kappa shape index (κ3) is 4.43. The lowest BCUT2D eigenvalue weighted by Crippen LogP contribution is -2.38. The van der Waals surface area contributed by atoms with Gasteiger partial charge in [-0.15, -0.1) is 0 Å². The number of benzene rings is 1. The van der Waals surface area contributed by atoms with Crippen molar-refractivity contribution < 1.29 is 27.4 Å². The largest absolute Gasteiger partial charge is 0.448 e. The van der Waals surface area contributed by atoms with Gasteiger partial charge in [-0.2, -0.15) is 13.2 Å². The molecule has 2 aromatic rings. The first kappa shape index (κ1) is 22.1. The zero-order valence-electron chi connectivity index (χ0n) is 17.8. The van der Waals surface area contributed by atoms with Gasteiger partial charge in [0, 0.05) is 49.8 Å². The molecule has 5 rings (SSSR count). The van der Waals surface area contributed by atoms with Crippen molar-refractivity contribution in [1.82, 2.24) is 4.98 Å². The third-order valence-electron chi connectivity index (χ3n) is 6.48. The number of fused-ring (bicyclic) bond motifs is 1. The molecule has 0 unspecified atom stereocenters. The van der Waals surface area contributed by atoms with Gasteiger partial charge in [0.05, 0.1) is 10.6 Å². The van der Waals surface area contributed by atoms with Gasteiger partial charge >= 0.3 is 6.18 Å². The predicted molar refractivity (Wildman–Crippen MR) is 117 cm³/mol. The molecule has 1 saturated heterocycles. The summed E-state index contributed by atoms with van der Waals surface area (Å²) in [6.07, 6.45) is 1.24. The number of halogens is 4. The van der Waals surface area contributed by atoms with E-state index in [1.54, 1.807) is 12.1 Å². The number of rotatable bonds is 3. The molecule has 2 aliphatic heterocycles. The summed E-state index contributed by atoms with van der Waals surface area (Å²) in [5.41, 5.74) is -0.236. The van der Waals surface area contributed by atoms with E-state index >= 15 is 0 Å². The quantitative estimate of drug-likeness (QED) is 0.613. The number of amides is 1. The topological polar surface area (TPSA) is 63.7 Å². The van der Waals surface area contributed by atoms with Crippen LogP contribution in [0.4, 0.5) is 24.7 Å². The van der Waals surface area contributed by atoms with E-state index in [-0.39, 0.29) is 16.8 Å². The SMILES string of the molecule is O=C(Nc1ccc2c(c1)OC1(CCCC1)O2)C1CCN(c2ncc(C(F)(F)F)cc2Cl)CC1. The minimum absolute atomic E-state index is 0.0480. The molecule has 3 heterocycles. The predicted octanol–water partition coefficient (Wildman–Crippen LogP) is 5.65. The number of hydrogen-bond donors (Lipinski definition) is 1. The Labute approximate surface area is 194 Å². The van der Waals surface area contributed by atoms with Gasteiger partial charge in [0.1, 0.15) is 5.82 Å². The Hall–Kier alpha value is -2.68. The zero-order chi connectivity index (χ0) is 23.2. The Morgan fingerprint density at radius 1 is 1.12 bits per heavy atom. The van der Waals surface area contributed by atoms with Crippen molar-refractivity contribution in [2.75, 3.05) is 23.3 Å². The van der Waals surface area contributed by atoms with Gasteiger partial charge in [-0.25, -0.2) is 4.98 Å². The van der Waals surface area contributed by atoms with Gasteiger partial charge < -0.3 is 19.7 Å². The van der Waals surface area contributed by atoms with Crippen molar-refractivity contribution in [3.05, 3.63) is 41.0 Å². The molecule has 3 aliphatic rings. The summed E-state index contributed by atoms with van der Waals surface area (Å²) < 4.78 is 50.6. The highest BCUT2D eigenvalue weighted by molar-refractivity contribution is 6.33. The van der Waals surface area contributed by atoms with Crippen LogP contribution in [0, 0.1) is 5.92 Å². The number of nitrogens with zero attached hydrogens (tertiary/aromatic N) is 2. The van der Waals surface area contributed by atoms with Crippen LogP contribution in [-0.4, -0.2) is 29.8 Å². The van der Waals surface area contributed by atoms with Crippen LogP contribution in [0.25, 0.3) is 0 Å². The second kappa shape index (κ2) is 8.27. The van der Waals surface area contributed by atoms with Crippen LogP contribution in [0.15, 0.2) is 30.5 Å². The molecule has 1 aliphatic carbocycles. The van der Waals surface area contributed by atoms with Gasteiger partial charge in [-0.3, -0.25) is 4.79 Å². The van der Waals surface area contributed by atoms with Crippen LogP contribution in [0.2, 0.25) is 5.02 Å². The maximum atomic E-state index is 12.8. The number of piperidine rings is 1. The molecule has 33 heavy (non-hydrogen) atoms. The molecule has 1 aromatic carbocycles. The minimum Gasteiger partial charge on any atom is -0.448 e. The second-order valence-electron chi connectivity index (χ2n) is 8.76. The van der Waals surface area contributed by atoms with E-state index in [2.05, 4.69) is 10.3 Å². The molecule has 1 spiro atoms. The summed E-state index contributed by atoms with van der Waals surface area (Å²) in [4.78, 5) is 18.5. The van der Waals surface area contributed by atoms with Crippen molar-refractivity contribution in [2.24, 2.45) is 5.92 Å². The lowest BCUT2D eigenvalue weighted by molar-refractivity contribution is -0.137. The van der Waals surface area contributed by atoms with E-state index in [1.165, 1.54) is 0 Å². The average Bonchev–Trinajstić information content (AvgIpc) is 3.38. The molecule has 0 radical (unpaired) electrons. The zero-order valence-corrected chi connectivity index (χ0v) is 18.5. The molecule has 1 aromatic heterocycles. The maximum absolute atomic E-state index is 12.8. The number of anilines is 2. The molecule has 176 valence electrons. The van der Waals surface area contributed by atoms with E-state index in [0.717, 1.165) is 37.9 Å². The Bertz CT molecular complexity index is 1060. The number of hydrogen-bond acceptors (Lipinski definition) is 5. The molecule has 6 nitrogen and oxygen atoms in total. The van der Waals surface area contributed by atoms with Crippen LogP contribution in [0.3, 0.4) is 0 Å². The summed E-state index contributed by atoms with van der Waals surface area (Å²) in [5, 5.41) is 2.90. The van der Waals surface area contributed by atoms with Crippen molar-refractivity contribution in [3.8, 4) is 11.5 Å². The fourth-order valence-electron chi connectivity index (χ4n) is 4.71. The average molecular weight is 482 g/mol. The number of ether oxygens (including phenoxy) is 2. The number of carbonyl (C=O) groups excluding carboxylic acids is 1. The van der Waals surface area contributed by atoms with Crippen LogP contribution in [-0.2, 0) is 11.0 Å². The fourth-order valence-corrected chi connectivity index (χ4v) is 4.99. The molecule has 1 amide bonds. The van der Waals surface area contributed by atoms with Gasteiger partial charge in [-0.1, -0.05) is 11.6 Å². The van der Waals surface area contributed by atoms with Crippen LogP contribution >= 0.6 is 11.6 Å². The maximum Gasteiger partial charge on any atom is 0.417 e. The molecule has 1 saturated carbocycles. The van der Waals surface area contributed by atoms with Crippen LogP contribution < -0.4 is 19.7 Å². The Kier molecular flexibility index (Phi) is 5.55. The van der Waals surface area contributed by atoms with Crippen molar-refractivity contribution in [1.29, 1.82) is 0 Å². The highest BCUT2D eigenvalue weighted by Crippen LogP contribution is 2.47. The fraction of sp³-hybridized carbons (Fsp3) is 0.478.